The van der Waals surface area contributed by atoms with Crippen LogP contribution in [0.2, 0.25) is 0 Å². The molecule has 0 aromatic carbocycles. The average Bonchev–Trinajstić information content (AvgIpc) is 2.62. The zero-order valence-electron chi connectivity index (χ0n) is 12.3. The molecule has 0 aromatic heterocycles. The number of hydrogen-bond donors (Lipinski definition) is 1. The number of carbonyl (C=O) groups excluding carboxylic acids is 2. The van der Waals surface area contributed by atoms with Gasteiger partial charge in [0.15, 0.2) is 0 Å². The molecule has 1 rings (SSSR count). The molecule has 0 bridgehead atoms. The quantitative estimate of drug-likeness (QED) is 0.737. The summed E-state index contributed by atoms with van der Waals surface area (Å²) < 4.78 is 0. The zero-order chi connectivity index (χ0) is 14.4. The number of rotatable bonds is 4. The van der Waals surface area contributed by atoms with Crippen molar-refractivity contribution >= 4 is 11.8 Å². The van der Waals surface area contributed by atoms with E-state index >= 15 is 0 Å². The van der Waals surface area contributed by atoms with Crippen molar-refractivity contribution in [1.29, 1.82) is 0 Å². The summed E-state index contributed by atoms with van der Waals surface area (Å²) in [6.45, 7) is 5.33. The molecule has 1 fully saturated rings. The molecule has 6 nitrogen and oxygen atoms in total. The Bertz CT molecular complexity index is 320. The summed E-state index contributed by atoms with van der Waals surface area (Å²) in [7, 11) is 3.52. The van der Waals surface area contributed by atoms with Crippen LogP contribution in [0.4, 0.5) is 0 Å². The van der Waals surface area contributed by atoms with Crippen LogP contribution in [0.5, 0.6) is 0 Å². The number of nitrogens with zero attached hydrogens (tertiary/aromatic N) is 3. The van der Waals surface area contributed by atoms with Gasteiger partial charge in [-0.2, -0.15) is 0 Å². The maximum absolute atomic E-state index is 12.0. The number of hydrogen-bond acceptors (Lipinski definition) is 4. The number of amides is 2. The van der Waals surface area contributed by atoms with Crippen molar-refractivity contribution in [3.8, 4) is 0 Å². The van der Waals surface area contributed by atoms with Gasteiger partial charge in [0.2, 0.25) is 11.8 Å². The first-order valence-corrected chi connectivity index (χ1v) is 6.92. The summed E-state index contributed by atoms with van der Waals surface area (Å²) >= 11 is 0. The van der Waals surface area contributed by atoms with Crippen molar-refractivity contribution in [2.75, 3.05) is 46.8 Å². The van der Waals surface area contributed by atoms with Crippen LogP contribution in [-0.4, -0.2) is 79.4 Å². The molecule has 0 radical (unpaired) electrons. The Kier molecular flexibility index (Phi) is 6.24. The molecule has 19 heavy (non-hydrogen) atoms. The highest BCUT2D eigenvalue weighted by molar-refractivity contribution is 5.81. The van der Waals surface area contributed by atoms with Gasteiger partial charge in [0.05, 0.1) is 12.6 Å². The van der Waals surface area contributed by atoms with Crippen LogP contribution in [0.15, 0.2) is 0 Å². The summed E-state index contributed by atoms with van der Waals surface area (Å²) in [5, 5.41) is 0. The molecule has 0 saturated carbocycles. The standard InChI is InChI=1S/C13H26N4O2/c1-4-11(14)13(19)17-7-5-6-16(8-9-17)10-12(18)15(2)3/h11H,4-10,14H2,1-3H3/t11-/m0/s1. The zero-order valence-corrected chi connectivity index (χ0v) is 12.3. The maximum atomic E-state index is 12.0. The molecule has 0 aromatic rings. The van der Waals surface area contributed by atoms with E-state index in [1.165, 1.54) is 0 Å². The minimum Gasteiger partial charge on any atom is -0.348 e. The van der Waals surface area contributed by atoms with Gasteiger partial charge in [0, 0.05) is 40.3 Å². The Morgan fingerprint density at radius 2 is 1.89 bits per heavy atom. The van der Waals surface area contributed by atoms with Gasteiger partial charge in [-0.25, -0.2) is 0 Å². The van der Waals surface area contributed by atoms with Gasteiger partial charge in [0.1, 0.15) is 0 Å². The van der Waals surface area contributed by atoms with Gasteiger partial charge in [-0.05, 0) is 12.8 Å². The highest BCUT2D eigenvalue weighted by atomic mass is 16.2. The predicted octanol–water partition coefficient (Wildman–Crippen LogP) is -0.654. The van der Waals surface area contributed by atoms with Crippen LogP contribution in [-0.2, 0) is 9.59 Å². The van der Waals surface area contributed by atoms with Crippen molar-refractivity contribution in [2.24, 2.45) is 5.73 Å². The van der Waals surface area contributed by atoms with Crippen molar-refractivity contribution < 1.29 is 9.59 Å². The van der Waals surface area contributed by atoms with E-state index in [0.717, 1.165) is 26.1 Å². The lowest BCUT2D eigenvalue weighted by molar-refractivity contribution is -0.132. The predicted molar refractivity (Wildman–Crippen MR) is 74.6 cm³/mol. The molecule has 1 aliphatic rings. The molecule has 2 amide bonds. The third kappa shape index (κ3) is 4.80. The van der Waals surface area contributed by atoms with Gasteiger partial charge in [-0.1, -0.05) is 6.92 Å². The minimum absolute atomic E-state index is 0.0308. The van der Waals surface area contributed by atoms with E-state index in [9.17, 15) is 9.59 Å². The largest absolute Gasteiger partial charge is 0.348 e. The summed E-state index contributed by atoms with van der Waals surface area (Å²) in [6.07, 6.45) is 1.56. The molecular weight excluding hydrogens is 244 g/mol. The number of likely N-dealkylation sites (N-methyl/N-ethyl adjacent to an activating group) is 1. The first-order valence-electron chi connectivity index (χ1n) is 6.92. The monoisotopic (exact) mass is 270 g/mol. The highest BCUT2D eigenvalue weighted by Gasteiger charge is 2.23. The fourth-order valence-corrected chi connectivity index (χ4v) is 2.09. The molecule has 0 aliphatic carbocycles. The summed E-state index contributed by atoms with van der Waals surface area (Å²) in [5.41, 5.74) is 5.79. The smallest absolute Gasteiger partial charge is 0.239 e. The van der Waals surface area contributed by atoms with Crippen LogP contribution in [0.1, 0.15) is 19.8 Å². The lowest BCUT2D eigenvalue weighted by Crippen LogP contribution is -2.45. The van der Waals surface area contributed by atoms with Crippen molar-refractivity contribution in [3.63, 3.8) is 0 Å². The van der Waals surface area contributed by atoms with Crippen LogP contribution >= 0.6 is 0 Å². The fraction of sp³-hybridized carbons (Fsp3) is 0.846. The van der Waals surface area contributed by atoms with Crippen LogP contribution in [0, 0.1) is 0 Å². The lowest BCUT2D eigenvalue weighted by atomic mass is 10.2. The minimum atomic E-state index is -0.394. The highest BCUT2D eigenvalue weighted by Crippen LogP contribution is 2.06. The molecule has 110 valence electrons. The second-order valence-electron chi connectivity index (χ2n) is 5.26. The first-order chi connectivity index (χ1) is 8.95. The van der Waals surface area contributed by atoms with Crippen molar-refractivity contribution in [2.45, 2.75) is 25.8 Å². The molecule has 1 saturated heterocycles. The Morgan fingerprint density at radius 1 is 1.21 bits per heavy atom. The van der Waals surface area contributed by atoms with Crippen molar-refractivity contribution in [1.82, 2.24) is 14.7 Å². The second-order valence-corrected chi connectivity index (χ2v) is 5.26. The molecule has 1 aliphatic heterocycles. The summed E-state index contributed by atoms with van der Waals surface area (Å²) in [4.78, 5) is 29.2. The van der Waals surface area contributed by atoms with Crippen LogP contribution in [0.3, 0.4) is 0 Å². The van der Waals surface area contributed by atoms with E-state index in [4.69, 9.17) is 5.73 Å². The molecular formula is C13H26N4O2. The number of nitrogens with two attached hydrogens (primary N) is 1. The lowest BCUT2D eigenvalue weighted by Gasteiger charge is -2.24. The van der Waals surface area contributed by atoms with E-state index in [2.05, 4.69) is 4.90 Å². The summed E-state index contributed by atoms with van der Waals surface area (Å²) in [6, 6.07) is -0.394. The van der Waals surface area contributed by atoms with Gasteiger partial charge < -0.3 is 15.5 Å². The summed E-state index contributed by atoms with van der Waals surface area (Å²) in [5.74, 6) is 0.133. The molecule has 0 spiro atoms. The van der Waals surface area contributed by atoms with Gasteiger partial charge in [-0.15, -0.1) is 0 Å². The Labute approximate surface area is 115 Å². The Hall–Kier alpha value is -1.14. The molecule has 0 unspecified atom stereocenters. The molecule has 1 heterocycles. The molecule has 2 N–H and O–H groups in total. The van der Waals surface area contributed by atoms with E-state index in [-0.39, 0.29) is 11.8 Å². The fourth-order valence-electron chi connectivity index (χ4n) is 2.09. The van der Waals surface area contributed by atoms with Crippen LogP contribution in [0.25, 0.3) is 0 Å². The van der Waals surface area contributed by atoms with E-state index in [1.54, 1.807) is 19.0 Å². The van der Waals surface area contributed by atoms with Gasteiger partial charge in [0.25, 0.3) is 0 Å². The van der Waals surface area contributed by atoms with E-state index < -0.39 is 6.04 Å². The average molecular weight is 270 g/mol. The Morgan fingerprint density at radius 3 is 2.47 bits per heavy atom. The van der Waals surface area contributed by atoms with Crippen molar-refractivity contribution in [3.05, 3.63) is 0 Å². The topological polar surface area (TPSA) is 69.9 Å². The molecule has 6 heteroatoms. The first kappa shape index (κ1) is 15.9. The second kappa shape index (κ2) is 7.45. The molecule has 1 atom stereocenters. The van der Waals surface area contributed by atoms with E-state index in [1.807, 2.05) is 11.8 Å². The Balaban J connectivity index is 2.47. The van der Waals surface area contributed by atoms with Crippen LogP contribution < -0.4 is 5.73 Å². The third-order valence-electron chi connectivity index (χ3n) is 3.51. The maximum Gasteiger partial charge on any atom is 0.239 e. The SMILES string of the molecule is CC[C@H](N)C(=O)N1CCCN(CC(=O)N(C)C)CC1. The van der Waals surface area contributed by atoms with E-state index in [0.29, 0.717) is 19.5 Å². The number of carbonyl (C=O) groups is 2. The normalized spacial score (nSPS) is 18.8. The van der Waals surface area contributed by atoms with Gasteiger partial charge in [-0.3, -0.25) is 14.5 Å². The third-order valence-corrected chi connectivity index (χ3v) is 3.51. The van der Waals surface area contributed by atoms with Gasteiger partial charge >= 0.3 is 0 Å².